The molecular formula is C36H78O6S5Si2. The molecule has 0 aromatic heterocycles. The van der Waals surface area contributed by atoms with Gasteiger partial charge in [-0.25, -0.2) is 0 Å². The maximum atomic E-state index is 6.42. The summed E-state index contributed by atoms with van der Waals surface area (Å²) in [7, 11) is 3.64. The van der Waals surface area contributed by atoms with Crippen LogP contribution in [-0.2, 0) is 26.6 Å². The van der Waals surface area contributed by atoms with Crippen molar-refractivity contribution in [1.29, 1.82) is 0 Å². The third-order valence-corrected chi connectivity index (χ3v) is 27.0. The first-order valence-corrected chi connectivity index (χ1v) is 30.0. The molecule has 2 unspecified atom stereocenters. The van der Waals surface area contributed by atoms with Crippen molar-refractivity contribution in [2.24, 2.45) is 0 Å². The second-order valence-corrected chi connectivity index (χ2v) is 26.8. The molecule has 0 heterocycles. The van der Waals surface area contributed by atoms with Crippen LogP contribution >= 0.6 is 51.1 Å². The van der Waals surface area contributed by atoms with Gasteiger partial charge in [0.2, 0.25) is 0 Å². The van der Waals surface area contributed by atoms with E-state index in [0.717, 1.165) is 12.8 Å². The zero-order chi connectivity index (χ0) is 36.3. The molecule has 0 N–H and O–H groups in total. The fourth-order valence-electron chi connectivity index (χ4n) is 6.00. The lowest BCUT2D eigenvalue weighted by atomic mass is 10.1. The summed E-state index contributed by atoms with van der Waals surface area (Å²) in [5.41, 5.74) is 0. The van der Waals surface area contributed by atoms with Gasteiger partial charge in [0.25, 0.3) is 0 Å². The Morgan fingerprint density at radius 2 is 0.571 bits per heavy atom. The molecule has 0 fully saturated rings. The summed E-state index contributed by atoms with van der Waals surface area (Å²) >= 11 is 0. The van der Waals surface area contributed by atoms with Gasteiger partial charge < -0.3 is 26.6 Å². The first kappa shape index (κ1) is 50.9. The van der Waals surface area contributed by atoms with Gasteiger partial charge in [-0.05, 0) is 83.9 Å². The van der Waals surface area contributed by atoms with Crippen LogP contribution in [0, 0.1) is 0 Å². The third kappa shape index (κ3) is 24.9. The van der Waals surface area contributed by atoms with Crippen LogP contribution in [0.15, 0.2) is 0 Å². The van der Waals surface area contributed by atoms with Crippen LogP contribution in [0.25, 0.3) is 0 Å². The first-order valence-electron chi connectivity index (χ1n) is 20.1. The van der Waals surface area contributed by atoms with E-state index in [1.165, 1.54) is 116 Å². The molecule has 13 heteroatoms. The Balaban J connectivity index is 5.32. The second-order valence-electron chi connectivity index (χ2n) is 12.4. The van der Waals surface area contributed by atoms with Gasteiger partial charge in [-0.2, -0.15) is 0 Å². The fourth-order valence-corrected chi connectivity index (χ4v) is 26.4. The van der Waals surface area contributed by atoms with E-state index in [-0.39, 0.29) is 9.75 Å². The van der Waals surface area contributed by atoms with Crippen molar-refractivity contribution in [2.45, 2.75) is 194 Å². The van der Waals surface area contributed by atoms with E-state index >= 15 is 0 Å². The van der Waals surface area contributed by atoms with Crippen molar-refractivity contribution in [3.8, 4) is 0 Å². The van der Waals surface area contributed by atoms with Crippen LogP contribution in [0.5, 0.6) is 0 Å². The van der Waals surface area contributed by atoms with Crippen LogP contribution in [-0.4, -0.2) is 67.0 Å². The largest absolute Gasteiger partial charge is 0.515 e. The summed E-state index contributed by atoms with van der Waals surface area (Å²) in [4.78, 5) is 0.419. The van der Waals surface area contributed by atoms with Gasteiger partial charge in [0.15, 0.2) is 0 Å². The number of rotatable bonds is 40. The van der Waals surface area contributed by atoms with E-state index in [1.54, 1.807) is 0 Å². The lowest BCUT2D eigenvalue weighted by molar-refractivity contribution is 0.0680. The van der Waals surface area contributed by atoms with Gasteiger partial charge in [-0.1, -0.05) is 151 Å². The lowest BCUT2D eigenvalue weighted by Crippen LogP contribution is -2.55. The Bertz CT molecular complexity index is 604. The highest BCUT2D eigenvalue weighted by Gasteiger charge is 2.51. The molecule has 49 heavy (non-hydrogen) atoms. The molecule has 0 aliphatic carbocycles. The summed E-state index contributed by atoms with van der Waals surface area (Å²) in [5, 5.41) is 0. The van der Waals surface area contributed by atoms with E-state index in [1.807, 2.05) is 51.1 Å². The lowest BCUT2D eigenvalue weighted by Gasteiger charge is -2.35. The summed E-state index contributed by atoms with van der Waals surface area (Å²) in [5.74, 6) is 0. The molecule has 0 bridgehead atoms. The predicted molar refractivity (Wildman–Crippen MR) is 230 cm³/mol. The molecule has 0 saturated carbocycles. The topological polar surface area (TPSA) is 55.4 Å². The molecule has 0 aromatic carbocycles. The molecule has 2 atom stereocenters. The van der Waals surface area contributed by atoms with Crippen LogP contribution in [0.4, 0.5) is 0 Å². The van der Waals surface area contributed by atoms with Crippen molar-refractivity contribution in [3.63, 3.8) is 0 Å². The fraction of sp³-hybridized carbons (Fsp3) is 1.00. The molecule has 0 aliphatic heterocycles. The van der Waals surface area contributed by atoms with Crippen LogP contribution < -0.4 is 0 Å². The van der Waals surface area contributed by atoms with Crippen molar-refractivity contribution in [1.82, 2.24) is 0 Å². The van der Waals surface area contributed by atoms with E-state index in [4.69, 9.17) is 26.6 Å². The average Bonchev–Trinajstić information content (AvgIpc) is 3.08. The minimum absolute atomic E-state index is 0.210. The zero-order valence-corrected chi connectivity index (χ0v) is 39.1. The van der Waals surface area contributed by atoms with Gasteiger partial charge in [-0.3, -0.25) is 0 Å². The minimum Gasteiger partial charge on any atom is -0.373 e. The second kappa shape index (κ2) is 36.9. The summed E-state index contributed by atoms with van der Waals surface area (Å²) in [6.45, 7) is 20.6. The number of hydrogen-bond acceptors (Lipinski definition) is 11. The third-order valence-electron chi connectivity index (χ3n) is 8.37. The molecule has 0 saturated heterocycles. The van der Waals surface area contributed by atoms with Crippen molar-refractivity contribution < 1.29 is 26.6 Å². The Hall–Kier alpha value is 1.94. The molecule has 0 spiro atoms. The van der Waals surface area contributed by atoms with Crippen molar-refractivity contribution in [2.75, 3.05) is 39.6 Å². The normalized spacial score (nSPS) is 13.7. The van der Waals surface area contributed by atoms with Crippen LogP contribution in [0.1, 0.15) is 184 Å². The molecule has 0 amide bonds. The van der Waals surface area contributed by atoms with Gasteiger partial charge in [-0.15, -0.1) is 0 Å². The Labute approximate surface area is 326 Å². The van der Waals surface area contributed by atoms with Crippen molar-refractivity contribution in [3.05, 3.63) is 0 Å². The monoisotopic (exact) mass is 822 g/mol. The Kier molecular flexibility index (Phi) is 38.4. The van der Waals surface area contributed by atoms with Crippen LogP contribution in [0.3, 0.4) is 0 Å². The number of unbranched alkanes of at least 4 members (excludes halogenated alkanes) is 16. The van der Waals surface area contributed by atoms with E-state index in [0.29, 0.717) is 39.6 Å². The van der Waals surface area contributed by atoms with Gasteiger partial charge in [0.1, 0.15) is 0 Å². The maximum Gasteiger partial charge on any atom is 0.515 e. The highest BCUT2D eigenvalue weighted by molar-refractivity contribution is 9.35. The summed E-state index contributed by atoms with van der Waals surface area (Å²) in [6.07, 6.45) is 26.0. The molecule has 0 aromatic rings. The Morgan fingerprint density at radius 1 is 0.327 bits per heavy atom. The summed E-state index contributed by atoms with van der Waals surface area (Å²) in [6, 6.07) is 0. The minimum atomic E-state index is -2.84. The zero-order valence-electron chi connectivity index (χ0n) is 33.0. The Morgan fingerprint density at radius 3 is 0.816 bits per heavy atom. The molecule has 0 rings (SSSR count). The highest BCUT2D eigenvalue weighted by atomic mass is 33.8. The van der Waals surface area contributed by atoms with Gasteiger partial charge in [0, 0.05) is 39.6 Å². The average molecular weight is 824 g/mol. The van der Waals surface area contributed by atoms with Crippen molar-refractivity contribution >= 4 is 68.7 Å². The summed E-state index contributed by atoms with van der Waals surface area (Å²) < 4.78 is 38.5. The molecular weight excluding hydrogens is 745 g/mol. The predicted octanol–water partition coefficient (Wildman–Crippen LogP) is 14.1. The maximum absolute atomic E-state index is 6.42. The van der Waals surface area contributed by atoms with E-state index in [2.05, 4.69) is 55.4 Å². The molecule has 0 aliphatic rings. The SMILES string of the molecule is CCCCCCCCCCCC(SSSSSC(CCCCCCCCCCC)[Si](OCC)(OCC)OCC)[Si](OCC)(OCC)OCC. The molecule has 6 nitrogen and oxygen atoms in total. The molecule has 296 valence electrons. The first-order chi connectivity index (χ1) is 24.0. The highest BCUT2D eigenvalue weighted by Crippen LogP contribution is 2.54. The van der Waals surface area contributed by atoms with Gasteiger partial charge in [0.05, 0.1) is 9.75 Å². The van der Waals surface area contributed by atoms with E-state index in [9.17, 15) is 0 Å². The van der Waals surface area contributed by atoms with Gasteiger partial charge >= 0.3 is 17.6 Å². The molecule has 0 radical (unpaired) electrons. The van der Waals surface area contributed by atoms with Crippen LogP contribution in [0.2, 0.25) is 0 Å². The standard InChI is InChI=1S/C36H78O6S5Si2/c1-9-17-19-21-23-25-27-29-31-33-35(48(37-11-3,38-12-4)39-13-5)43-45-47-46-44-36(49(40-14-6,41-15-7)42-16-8)34-32-30-28-26-24-22-20-18-10-2/h35-36H,9-34H2,1-8H3. The quantitative estimate of drug-likeness (QED) is 0.0337. The van der Waals surface area contributed by atoms with E-state index < -0.39 is 17.6 Å². The number of hydrogen-bond donors (Lipinski definition) is 0. The smallest absolute Gasteiger partial charge is 0.373 e.